The average Bonchev–Trinajstić information content (AvgIpc) is 2.22. The van der Waals surface area contributed by atoms with Crippen LogP contribution >= 0.6 is 0 Å². The van der Waals surface area contributed by atoms with E-state index in [1.54, 1.807) is 0 Å². The van der Waals surface area contributed by atoms with E-state index in [0.717, 1.165) is 6.42 Å². The van der Waals surface area contributed by atoms with Crippen LogP contribution in [0.5, 0.6) is 0 Å². The molecule has 88 valence electrons. The number of rotatable bonds is 0. The van der Waals surface area contributed by atoms with Crippen LogP contribution in [-0.4, -0.2) is 0 Å². The maximum Gasteiger partial charge on any atom is 0.0298 e. The van der Waals surface area contributed by atoms with Crippen molar-refractivity contribution in [3.63, 3.8) is 0 Å². The van der Waals surface area contributed by atoms with Crippen molar-refractivity contribution in [2.45, 2.75) is 57.9 Å². The fourth-order valence-electron chi connectivity index (χ4n) is 2.55. The summed E-state index contributed by atoms with van der Waals surface area (Å²) in [6.45, 7) is 9.08. The molecular formula is C15H23N. The van der Waals surface area contributed by atoms with E-state index in [2.05, 4.69) is 45.9 Å². The molecule has 1 heteroatoms. The second-order valence-electron chi connectivity index (χ2n) is 6.18. The molecule has 0 aromatic heterocycles. The van der Waals surface area contributed by atoms with Crippen molar-refractivity contribution in [3.05, 3.63) is 34.9 Å². The smallest absolute Gasteiger partial charge is 0.0298 e. The van der Waals surface area contributed by atoms with E-state index < -0.39 is 0 Å². The Balaban J connectivity index is 2.48. The molecule has 0 heterocycles. The SMILES string of the molecule is CC1CC[C@H](N)c2cc(C(C)(C)C)ccc21. The van der Waals surface area contributed by atoms with Crippen molar-refractivity contribution >= 4 is 0 Å². The topological polar surface area (TPSA) is 26.0 Å². The van der Waals surface area contributed by atoms with Crippen LogP contribution in [0.1, 0.15) is 69.2 Å². The zero-order valence-corrected chi connectivity index (χ0v) is 10.9. The zero-order chi connectivity index (χ0) is 11.9. The highest BCUT2D eigenvalue weighted by atomic mass is 14.6. The van der Waals surface area contributed by atoms with Crippen molar-refractivity contribution in [2.75, 3.05) is 0 Å². The van der Waals surface area contributed by atoms with Gasteiger partial charge < -0.3 is 5.73 Å². The van der Waals surface area contributed by atoms with Crippen LogP contribution in [0.3, 0.4) is 0 Å². The number of hydrogen-bond acceptors (Lipinski definition) is 1. The largest absolute Gasteiger partial charge is 0.324 e. The van der Waals surface area contributed by atoms with Gasteiger partial charge in [-0.15, -0.1) is 0 Å². The first kappa shape index (κ1) is 11.7. The van der Waals surface area contributed by atoms with Gasteiger partial charge in [-0.25, -0.2) is 0 Å². The first-order valence-corrected chi connectivity index (χ1v) is 6.29. The molecule has 0 bridgehead atoms. The normalized spacial score (nSPS) is 25.3. The molecule has 2 atom stereocenters. The molecular weight excluding hydrogens is 194 g/mol. The Morgan fingerprint density at radius 1 is 1.12 bits per heavy atom. The second kappa shape index (κ2) is 3.89. The van der Waals surface area contributed by atoms with Crippen LogP contribution in [0.25, 0.3) is 0 Å². The van der Waals surface area contributed by atoms with E-state index in [-0.39, 0.29) is 11.5 Å². The van der Waals surface area contributed by atoms with E-state index >= 15 is 0 Å². The average molecular weight is 217 g/mol. The number of hydrogen-bond donors (Lipinski definition) is 1. The lowest BCUT2D eigenvalue weighted by Gasteiger charge is -2.30. The zero-order valence-electron chi connectivity index (χ0n) is 10.9. The molecule has 0 saturated heterocycles. The molecule has 2 rings (SSSR count). The number of fused-ring (bicyclic) bond motifs is 1. The third-order valence-corrected chi connectivity index (χ3v) is 3.79. The van der Waals surface area contributed by atoms with Gasteiger partial charge in [0.15, 0.2) is 0 Å². The fraction of sp³-hybridized carbons (Fsp3) is 0.600. The molecule has 1 aliphatic carbocycles. The summed E-state index contributed by atoms with van der Waals surface area (Å²) < 4.78 is 0. The summed E-state index contributed by atoms with van der Waals surface area (Å²) in [4.78, 5) is 0. The molecule has 1 unspecified atom stereocenters. The van der Waals surface area contributed by atoms with Crippen LogP contribution in [-0.2, 0) is 5.41 Å². The first-order valence-electron chi connectivity index (χ1n) is 6.29. The van der Waals surface area contributed by atoms with Gasteiger partial charge in [-0.1, -0.05) is 45.9 Å². The molecule has 0 saturated carbocycles. The van der Waals surface area contributed by atoms with Crippen LogP contribution < -0.4 is 5.73 Å². The molecule has 0 radical (unpaired) electrons. The molecule has 0 amide bonds. The minimum atomic E-state index is 0.218. The quantitative estimate of drug-likeness (QED) is 0.701. The Bertz CT molecular complexity index is 387. The Kier molecular flexibility index (Phi) is 2.83. The molecule has 0 aliphatic heterocycles. The Morgan fingerprint density at radius 2 is 1.81 bits per heavy atom. The highest BCUT2D eigenvalue weighted by Crippen LogP contribution is 2.38. The molecule has 16 heavy (non-hydrogen) atoms. The van der Waals surface area contributed by atoms with Gasteiger partial charge >= 0.3 is 0 Å². The molecule has 0 fully saturated rings. The summed E-state index contributed by atoms with van der Waals surface area (Å²) in [6.07, 6.45) is 2.35. The van der Waals surface area contributed by atoms with Gasteiger partial charge in [-0.2, -0.15) is 0 Å². The Labute approximate surface area is 99.0 Å². The van der Waals surface area contributed by atoms with E-state index in [0.29, 0.717) is 5.92 Å². The van der Waals surface area contributed by atoms with Crippen molar-refractivity contribution in [1.82, 2.24) is 0 Å². The van der Waals surface area contributed by atoms with Gasteiger partial charge in [0, 0.05) is 6.04 Å². The molecule has 1 aromatic carbocycles. The number of benzene rings is 1. The van der Waals surface area contributed by atoms with Gasteiger partial charge in [0.25, 0.3) is 0 Å². The van der Waals surface area contributed by atoms with Crippen LogP contribution in [0, 0.1) is 0 Å². The summed E-state index contributed by atoms with van der Waals surface area (Å²) in [5.74, 6) is 0.670. The van der Waals surface area contributed by atoms with Crippen LogP contribution in [0.15, 0.2) is 18.2 Å². The van der Waals surface area contributed by atoms with Gasteiger partial charge in [-0.05, 0) is 40.9 Å². The maximum atomic E-state index is 6.22. The lowest BCUT2D eigenvalue weighted by molar-refractivity contribution is 0.509. The molecule has 1 aromatic rings. The minimum Gasteiger partial charge on any atom is -0.324 e. The molecule has 0 spiro atoms. The van der Waals surface area contributed by atoms with Crippen molar-refractivity contribution in [3.8, 4) is 0 Å². The highest BCUT2D eigenvalue weighted by Gasteiger charge is 2.24. The summed E-state index contributed by atoms with van der Waals surface area (Å²) in [7, 11) is 0. The van der Waals surface area contributed by atoms with Crippen molar-refractivity contribution in [2.24, 2.45) is 5.73 Å². The minimum absolute atomic E-state index is 0.218. The molecule has 1 nitrogen and oxygen atoms in total. The Hall–Kier alpha value is -0.820. The third kappa shape index (κ3) is 2.01. The lowest BCUT2D eigenvalue weighted by Crippen LogP contribution is -2.21. The van der Waals surface area contributed by atoms with E-state index in [9.17, 15) is 0 Å². The highest BCUT2D eigenvalue weighted by molar-refractivity contribution is 5.40. The Morgan fingerprint density at radius 3 is 2.44 bits per heavy atom. The summed E-state index contributed by atoms with van der Waals surface area (Å²) in [5, 5.41) is 0. The summed E-state index contributed by atoms with van der Waals surface area (Å²) in [6, 6.07) is 7.14. The molecule has 1 aliphatic rings. The van der Waals surface area contributed by atoms with Crippen LogP contribution in [0.4, 0.5) is 0 Å². The van der Waals surface area contributed by atoms with Gasteiger partial charge in [-0.3, -0.25) is 0 Å². The monoisotopic (exact) mass is 217 g/mol. The van der Waals surface area contributed by atoms with Crippen molar-refractivity contribution < 1.29 is 0 Å². The van der Waals surface area contributed by atoms with Crippen molar-refractivity contribution in [1.29, 1.82) is 0 Å². The van der Waals surface area contributed by atoms with Gasteiger partial charge in [0.1, 0.15) is 0 Å². The predicted molar refractivity (Wildman–Crippen MR) is 69.7 cm³/mol. The van der Waals surface area contributed by atoms with Crippen LogP contribution in [0.2, 0.25) is 0 Å². The lowest BCUT2D eigenvalue weighted by atomic mass is 9.77. The number of nitrogens with two attached hydrogens (primary N) is 1. The van der Waals surface area contributed by atoms with Gasteiger partial charge in [0.05, 0.1) is 0 Å². The second-order valence-corrected chi connectivity index (χ2v) is 6.18. The maximum absolute atomic E-state index is 6.22. The third-order valence-electron chi connectivity index (χ3n) is 3.79. The molecule has 2 N–H and O–H groups in total. The standard InChI is InChI=1S/C15H23N/c1-10-5-8-14(16)13-9-11(15(2,3)4)6-7-12(10)13/h6-7,9-10,14H,5,8,16H2,1-4H3/t10?,14-/m0/s1. The van der Waals surface area contributed by atoms with E-state index in [1.807, 2.05) is 0 Å². The predicted octanol–water partition coefficient (Wildman–Crippen LogP) is 3.88. The summed E-state index contributed by atoms with van der Waals surface area (Å²) in [5.41, 5.74) is 10.7. The first-order chi connectivity index (χ1) is 7.39. The van der Waals surface area contributed by atoms with Gasteiger partial charge in [0.2, 0.25) is 0 Å². The van der Waals surface area contributed by atoms with E-state index in [4.69, 9.17) is 5.73 Å². The fourth-order valence-corrected chi connectivity index (χ4v) is 2.55. The summed E-state index contributed by atoms with van der Waals surface area (Å²) >= 11 is 0. The van der Waals surface area contributed by atoms with E-state index in [1.165, 1.54) is 23.1 Å².